The Morgan fingerprint density at radius 2 is 1.46 bits per heavy atom. The molecule has 0 aliphatic rings. The lowest BCUT2D eigenvalue weighted by molar-refractivity contribution is -0.153. The van der Waals surface area contributed by atoms with E-state index >= 15 is 0 Å². The number of carbonyl (C=O) groups is 1. The summed E-state index contributed by atoms with van der Waals surface area (Å²) in [4.78, 5) is 11.7. The predicted molar refractivity (Wildman–Crippen MR) is 103 cm³/mol. The maximum Gasteiger partial charge on any atom is 0.311 e. The molecule has 0 aromatic heterocycles. The molecule has 144 valence electrons. The van der Waals surface area contributed by atoms with Crippen LogP contribution in [-0.4, -0.2) is 38.7 Å². The van der Waals surface area contributed by atoms with Crippen LogP contribution >= 0.6 is 0 Å². The Morgan fingerprint density at radius 3 is 1.83 bits per heavy atom. The quantitative estimate of drug-likeness (QED) is 0.342. The van der Waals surface area contributed by atoms with Crippen LogP contribution in [0, 0.1) is 5.41 Å². The molecule has 0 saturated carbocycles. The summed E-state index contributed by atoms with van der Waals surface area (Å²) < 4.78 is 11.6. The number of carbonyl (C=O) groups excluding carboxylic acids is 1. The Kier molecular flexibility index (Phi) is 9.76. The summed E-state index contributed by atoms with van der Waals surface area (Å²) in [6, 6.07) is 0. The van der Waals surface area contributed by atoms with Gasteiger partial charge in [-0.1, -0.05) is 41.5 Å². The average Bonchev–Trinajstić information content (AvgIpc) is 2.41. The second-order valence-corrected chi connectivity index (χ2v) is 14.3. The van der Waals surface area contributed by atoms with Gasteiger partial charge in [0.15, 0.2) is 8.32 Å². The van der Waals surface area contributed by atoms with Crippen LogP contribution in [0.3, 0.4) is 0 Å². The average molecular weight is 361 g/mol. The van der Waals surface area contributed by atoms with Crippen molar-refractivity contribution in [3.8, 4) is 0 Å². The molecule has 0 radical (unpaired) electrons. The number of aliphatic hydroxyl groups excluding tert-OH is 1. The molecule has 1 N–H and O–H groups in total. The minimum Gasteiger partial charge on any atom is -0.465 e. The van der Waals surface area contributed by atoms with E-state index < -0.39 is 19.8 Å². The highest BCUT2D eigenvalue weighted by atomic mass is 28.4. The lowest BCUT2D eigenvalue weighted by atomic mass is 9.97. The molecular weight excluding hydrogens is 320 g/mol. The monoisotopic (exact) mass is 360 g/mol. The first kappa shape index (κ1) is 23.6. The van der Waals surface area contributed by atoms with E-state index in [1.165, 1.54) is 0 Å². The third-order valence-electron chi connectivity index (χ3n) is 4.76. The smallest absolute Gasteiger partial charge is 0.311 e. The number of aliphatic hydroxyl groups is 1. The van der Waals surface area contributed by atoms with E-state index in [1.807, 2.05) is 20.8 Å². The second-order valence-electron chi connectivity index (χ2n) is 8.81. The van der Waals surface area contributed by atoms with Gasteiger partial charge in [0.05, 0.1) is 24.7 Å². The van der Waals surface area contributed by atoms with E-state index in [1.54, 1.807) is 0 Å². The van der Waals surface area contributed by atoms with E-state index in [4.69, 9.17) is 9.16 Å². The van der Waals surface area contributed by atoms with Crippen LogP contribution in [0.2, 0.25) is 16.6 Å². The van der Waals surface area contributed by atoms with Crippen LogP contribution in [0.5, 0.6) is 0 Å². The summed E-state index contributed by atoms with van der Waals surface area (Å²) in [6.07, 6.45) is 0.753. The van der Waals surface area contributed by atoms with E-state index in [2.05, 4.69) is 41.5 Å². The third kappa shape index (κ3) is 6.85. The third-order valence-corrected chi connectivity index (χ3v) is 10.8. The molecule has 0 unspecified atom stereocenters. The topological polar surface area (TPSA) is 55.8 Å². The maximum absolute atomic E-state index is 11.7. The first-order chi connectivity index (χ1) is 10.9. The molecule has 4 nitrogen and oxygen atoms in total. The minimum absolute atomic E-state index is 0.195. The Hall–Kier alpha value is -0.393. The van der Waals surface area contributed by atoms with Crippen molar-refractivity contribution < 1.29 is 19.1 Å². The van der Waals surface area contributed by atoms with Gasteiger partial charge in [-0.3, -0.25) is 4.79 Å². The normalized spacial score (nSPS) is 14.5. The zero-order chi connectivity index (χ0) is 19.1. The van der Waals surface area contributed by atoms with Gasteiger partial charge in [-0.25, -0.2) is 0 Å². The van der Waals surface area contributed by atoms with Gasteiger partial charge >= 0.3 is 5.97 Å². The van der Waals surface area contributed by atoms with Crippen molar-refractivity contribution in [2.45, 2.75) is 97.9 Å². The van der Waals surface area contributed by atoms with Crippen LogP contribution in [0.25, 0.3) is 0 Å². The maximum atomic E-state index is 11.7. The van der Waals surface area contributed by atoms with Gasteiger partial charge in [0.1, 0.15) is 0 Å². The van der Waals surface area contributed by atoms with Gasteiger partial charge in [0.2, 0.25) is 0 Å². The SMILES string of the molecule is CC(C)[Si](OC[C@@H](O)CCCOC(=O)C(C)(C)C)(C(C)C)C(C)C. The number of rotatable bonds is 10. The number of hydrogen-bond donors (Lipinski definition) is 1. The molecule has 0 heterocycles. The van der Waals surface area contributed by atoms with Crippen LogP contribution in [0.15, 0.2) is 0 Å². The first-order valence-electron chi connectivity index (χ1n) is 9.34. The Morgan fingerprint density at radius 1 is 1.00 bits per heavy atom. The Labute approximate surface area is 150 Å². The summed E-state index contributed by atoms with van der Waals surface area (Å²) in [6.45, 7) is 19.7. The summed E-state index contributed by atoms with van der Waals surface area (Å²) in [5, 5.41) is 10.2. The second kappa shape index (κ2) is 9.93. The predicted octanol–water partition coefficient (Wildman–Crippen LogP) is 4.91. The molecule has 0 spiro atoms. The van der Waals surface area contributed by atoms with Gasteiger partial charge in [-0.05, 0) is 50.2 Å². The van der Waals surface area contributed by atoms with Crippen molar-refractivity contribution in [1.29, 1.82) is 0 Å². The van der Waals surface area contributed by atoms with Gasteiger partial charge in [0.25, 0.3) is 0 Å². The zero-order valence-corrected chi connectivity index (χ0v) is 18.3. The van der Waals surface area contributed by atoms with E-state index in [0.29, 0.717) is 42.7 Å². The zero-order valence-electron chi connectivity index (χ0n) is 17.3. The molecule has 0 fully saturated rings. The van der Waals surface area contributed by atoms with E-state index in [9.17, 15) is 9.90 Å². The first-order valence-corrected chi connectivity index (χ1v) is 11.5. The standard InChI is InChI=1S/C19H40O4Si/c1-14(2)24(15(3)4,16(5)6)23-13-17(20)11-10-12-22-18(21)19(7,8)9/h14-17,20H,10-13H2,1-9H3/t17-/m0/s1. The lowest BCUT2D eigenvalue weighted by Crippen LogP contribution is -2.49. The molecule has 0 bridgehead atoms. The summed E-state index contributed by atoms with van der Waals surface area (Å²) >= 11 is 0. The van der Waals surface area contributed by atoms with E-state index in [0.717, 1.165) is 0 Å². The molecule has 0 aromatic carbocycles. The van der Waals surface area contributed by atoms with Crippen molar-refractivity contribution in [3.63, 3.8) is 0 Å². The van der Waals surface area contributed by atoms with Crippen molar-refractivity contribution in [2.75, 3.05) is 13.2 Å². The van der Waals surface area contributed by atoms with Crippen molar-refractivity contribution in [1.82, 2.24) is 0 Å². The largest absolute Gasteiger partial charge is 0.465 e. The summed E-state index contributed by atoms with van der Waals surface area (Å²) in [5.74, 6) is -0.195. The van der Waals surface area contributed by atoms with Crippen molar-refractivity contribution in [3.05, 3.63) is 0 Å². The summed E-state index contributed by atoms with van der Waals surface area (Å²) in [7, 11) is -1.93. The van der Waals surface area contributed by atoms with E-state index in [-0.39, 0.29) is 5.97 Å². The molecule has 0 rings (SSSR count). The Bertz CT molecular complexity index is 350. The molecule has 5 heteroatoms. The van der Waals surface area contributed by atoms with Crippen molar-refractivity contribution >= 4 is 14.3 Å². The van der Waals surface area contributed by atoms with Crippen LogP contribution in [-0.2, 0) is 14.0 Å². The minimum atomic E-state index is -1.93. The molecular formula is C19H40O4Si. The summed E-state index contributed by atoms with van der Waals surface area (Å²) in [5.41, 5.74) is 1.06. The lowest BCUT2D eigenvalue weighted by Gasteiger charge is -2.42. The van der Waals surface area contributed by atoms with Crippen molar-refractivity contribution in [2.24, 2.45) is 5.41 Å². The number of ether oxygens (including phenoxy) is 1. The van der Waals surface area contributed by atoms with Crippen LogP contribution < -0.4 is 0 Å². The highest BCUT2D eigenvalue weighted by molar-refractivity contribution is 6.77. The highest BCUT2D eigenvalue weighted by Crippen LogP contribution is 2.42. The fraction of sp³-hybridized carbons (Fsp3) is 0.947. The molecule has 0 aromatic rings. The molecule has 0 saturated heterocycles. The fourth-order valence-electron chi connectivity index (χ4n) is 3.52. The molecule has 24 heavy (non-hydrogen) atoms. The van der Waals surface area contributed by atoms with Crippen LogP contribution in [0.4, 0.5) is 0 Å². The number of hydrogen-bond acceptors (Lipinski definition) is 4. The number of esters is 1. The van der Waals surface area contributed by atoms with Gasteiger partial charge in [-0.2, -0.15) is 0 Å². The Balaban J connectivity index is 4.37. The molecule has 1 atom stereocenters. The molecule has 0 aliphatic carbocycles. The highest BCUT2D eigenvalue weighted by Gasteiger charge is 2.45. The van der Waals surface area contributed by atoms with Gasteiger partial charge in [-0.15, -0.1) is 0 Å². The molecule has 0 aliphatic heterocycles. The van der Waals surface area contributed by atoms with Gasteiger partial charge < -0.3 is 14.3 Å². The molecule has 0 amide bonds. The van der Waals surface area contributed by atoms with Crippen LogP contribution in [0.1, 0.15) is 75.2 Å². The fourth-order valence-corrected chi connectivity index (χ4v) is 9.01. The van der Waals surface area contributed by atoms with Gasteiger partial charge in [0, 0.05) is 0 Å².